The second-order valence-electron chi connectivity index (χ2n) is 6.32. The lowest BCUT2D eigenvalue weighted by atomic mass is 9.88. The van der Waals surface area contributed by atoms with Crippen LogP contribution in [0.25, 0.3) is 0 Å². The van der Waals surface area contributed by atoms with Gasteiger partial charge in [0.05, 0.1) is 0 Å². The zero-order chi connectivity index (χ0) is 14.8. The van der Waals surface area contributed by atoms with Crippen molar-refractivity contribution in [3.8, 4) is 0 Å². The molecule has 0 atom stereocenters. The van der Waals surface area contributed by atoms with E-state index in [1.54, 1.807) is 6.08 Å². The molecule has 0 aromatic carbocycles. The van der Waals surface area contributed by atoms with E-state index in [0.717, 1.165) is 25.9 Å². The number of ketones is 1. The van der Waals surface area contributed by atoms with Crippen LogP contribution in [0.15, 0.2) is 23.8 Å². The van der Waals surface area contributed by atoms with Crippen molar-refractivity contribution in [3.05, 3.63) is 23.8 Å². The normalized spacial score (nSPS) is 22.8. The first-order chi connectivity index (χ1) is 9.39. The highest BCUT2D eigenvalue weighted by Gasteiger charge is 2.32. The number of carbonyl (C=O) groups is 2. The van der Waals surface area contributed by atoms with Crippen LogP contribution in [-0.4, -0.2) is 41.3 Å². The molecule has 2 rings (SSSR count). The fraction of sp³-hybridized carbons (Fsp3) is 0.625. The van der Waals surface area contributed by atoms with E-state index in [4.69, 9.17) is 0 Å². The van der Waals surface area contributed by atoms with Crippen molar-refractivity contribution >= 4 is 11.7 Å². The minimum Gasteiger partial charge on any atom is -0.347 e. The predicted molar refractivity (Wildman–Crippen MR) is 79.3 cm³/mol. The summed E-state index contributed by atoms with van der Waals surface area (Å²) in [5, 5.41) is 3.12. The summed E-state index contributed by atoms with van der Waals surface area (Å²) in [6, 6.07) is 0.555. The number of amides is 1. The molecule has 1 amide bonds. The molecule has 110 valence electrons. The van der Waals surface area contributed by atoms with Crippen molar-refractivity contribution in [3.63, 3.8) is 0 Å². The molecule has 0 saturated carbocycles. The van der Waals surface area contributed by atoms with E-state index in [1.165, 1.54) is 12.2 Å². The number of carbonyl (C=O) groups excluding carboxylic acids is 2. The summed E-state index contributed by atoms with van der Waals surface area (Å²) >= 11 is 0. The topological polar surface area (TPSA) is 49.4 Å². The van der Waals surface area contributed by atoms with E-state index < -0.39 is 0 Å². The maximum Gasteiger partial charge on any atom is 0.248 e. The molecule has 2 aliphatic rings. The molecule has 4 heteroatoms. The van der Waals surface area contributed by atoms with E-state index in [-0.39, 0.29) is 17.2 Å². The molecule has 0 spiro atoms. The number of hydrogen-bond donors (Lipinski definition) is 1. The van der Waals surface area contributed by atoms with E-state index in [2.05, 4.69) is 31.0 Å². The third kappa shape index (κ3) is 3.57. The maximum atomic E-state index is 12.3. The van der Waals surface area contributed by atoms with Gasteiger partial charge >= 0.3 is 0 Å². The first kappa shape index (κ1) is 15.0. The van der Waals surface area contributed by atoms with E-state index >= 15 is 0 Å². The van der Waals surface area contributed by atoms with Crippen LogP contribution >= 0.6 is 0 Å². The van der Waals surface area contributed by atoms with Crippen LogP contribution in [0.1, 0.15) is 40.0 Å². The minimum absolute atomic E-state index is 0.0943. The Bertz CT molecular complexity index is 455. The van der Waals surface area contributed by atoms with E-state index in [9.17, 15) is 9.59 Å². The molecule has 0 radical (unpaired) electrons. The SMILES string of the molecule is CC(C)N1CCC(C)(NC(=O)C2=CC(=O)C=CC2)CC1. The number of piperidine rings is 1. The van der Waals surface area contributed by atoms with Gasteiger partial charge in [0.25, 0.3) is 0 Å². The van der Waals surface area contributed by atoms with Gasteiger partial charge < -0.3 is 10.2 Å². The summed E-state index contributed by atoms with van der Waals surface area (Å²) in [4.78, 5) is 26.0. The summed E-state index contributed by atoms with van der Waals surface area (Å²) in [5.41, 5.74) is 0.415. The molecule has 1 saturated heterocycles. The Labute approximate surface area is 120 Å². The van der Waals surface area contributed by atoms with Gasteiger partial charge in [-0.05, 0) is 52.2 Å². The van der Waals surface area contributed by atoms with Crippen LogP contribution in [-0.2, 0) is 9.59 Å². The summed E-state index contributed by atoms with van der Waals surface area (Å²) in [7, 11) is 0. The Balaban J connectivity index is 1.93. The van der Waals surface area contributed by atoms with Gasteiger partial charge in [-0.1, -0.05) is 6.08 Å². The van der Waals surface area contributed by atoms with E-state index in [1.807, 2.05) is 0 Å². The number of nitrogens with one attached hydrogen (secondary N) is 1. The zero-order valence-corrected chi connectivity index (χ0v) is 12.6. The van der Waals surface area contributed by atoms with E-state index in [0.29, 0.717) is 18.0 Å². The molecule has 4 nitrogen and oxygen atoms in total. The monoisotopic (exact) mass is 276 g/mol. The van der Waals surface area contributed by atoms with Gasteiger partial charge in [-0.2, -0.15) is 0 Å². The first-order valence-corrected chi connectivity index (χ1v) is 7.37. The molecule has 0 unspecified atom stereocenters. The minimum atomic E-state index is -0.159. The Kier molecular flexibility index (Phi) is 4.43. The molecule has 1 heterocycles. The molecule has 0 aromatic heterocycles. The van der Waals surface area contributed by atoms with Gasteiger partial charge in [-0.25, -0.2) is 0 Å². The second kappa shape index (κ2) is 5.92. The highest BCUT2D eigenvalue weighted by molar-refractivity contribution is 6.08. The summed E-state index contributed by atoms with van der Waals surface area (Å²) < 4.78 is 0. The number of rotatable bonds is 3. The lowest BCUT2D eigenvalue weighted by Crippen LogP contribution is -2.54. The van der Waals surface area contributed by atoms with Crippen molar-refractivity contribution in [1.82, 2.24) is 10.2 Å². The highest BCUT2D eigenvalue weighted by Crippen LogP contribution is 2.24. The number of nitrogens with zero attached hydrogens (tertiary/aromatic N) is 1. The average molecular weight is 276 g/mol. The third-order valence-corrected chi connectivity index (χ3v) is 4.28. The van der Waals surface area contributed by atoms with Crippen molar-refractivity contribution < 1.29 is 9.59 Å². The van der Waals surface area contributed by atoms with Gasteiger partial charge in [0, 0.05) is 30.2 Å². The molecule has 20 heavy (non-hydrogen) atoms. The lowest BCUT2D eigenvalue weighted by molar-refractivity contribution is -0.120. The Morgan fingerprint density at radius 2 is 2.00 bits per heavy atom. The van der Waals surface area contributed by atoms with Gasteiger partial charge in [-0.15, -0.1) is 0 Å². The lowest BCUT2D eigenvalue weighted by Gasteiger charge is -2.41. The fourth-order valence-corrected chi connectivity index (χ4v) is 2.75. The molecule has 1 fully saturated rings. The van der Waals surface area contributed by atoms with Crippen LogP contribution in [0.2, 0.25) is 0 Å². The zero-order valence-electron chi connectivity index (χ0n) is 12.6. The van der Waals surface area contributed by atoms with Crippen molar-refractivity contribution in [2.45, 2.75) is 51.6 Å². The molecule has 1 aliphatic carbocycles. The van der Waals surface area contributed by atoms with Crippen LogP contribution in [0.4, 0.5) is 0 Å². The molecule has 1 aliphatic heterocycles. The second-order valence-corrected chi connectivity index (χ2v) is 6.32. The summed E-state index contributed by atoms with van der Waals surface area (Å²) in [6.45, 7) is 8.51. The highest BCUT2D eigenvalue weighted by atomic mass is 16.2. The standard InChI is InChI=1S/C16H24N2O2/c1-12(2)18-9-7-16(3,8-10-18)17-15(20)13-5-4-6-14(19)11-13/h4,6,11-12H,5,7-10H2,1-3H3,(H,17,20). The first-order valence-electron chi connectivity index (χ1n) is 7.37. The molecular formula is C16H24N2O2. The van der Waals surface area contributed by atoms with Crippen LogP contribution in [0, 0.1) is 0 Å². The van der Waals surface area contributed by atoms with Gasteiger partial charge in [0.15, 0.2) is 5.78 Å². The molecular weight excluding hydrogens is 252 g/mol. The van der Waals surface area contributed by atoms with Crippen molar-refractivity contribution in [1.29, 1.82) is 0 Å². The van der Waals surface area contributed by atoms with Gasteiger partial charge in [0.1, 0.15) is 0 Å². The van der Waals surface area contributed by atoms with Gasteiger partial charge in [-0.3, -0.25) is 9.59 Å². The van der Waals surface area contributed by atoms with Crippen LogP contribution < -0.4 is 5.32 Å². The third-order valence-electron chi connectivity index (χ3n) is 4.28. The average Bonchev–Trinajstić information content (AvgIpc) is 2.38. The molecule has 0 bridgehead atoms. The van der Waals surface area contributed by atoms with Gasteiger partial charge in [0.2, 0.25) is 5.91 Å². The maximum absolute atomic E-state index is 12.3. The van der Waals surface area contributed by atoms with Crippen molar-refractivity contribution in [2.75, 3.05) is 13.1 Å². The Morgan fingerprint density at radius 3 is 2.55 bits per heavy atom. The smallest absolute Gasteiger partial charge is 0.248 e. The molecule has 0 aromatic rings. The number of hydrogen-bond acceptors (Lipinski definition) is 3. The Hall–Kier alpha value is -1.42. The number of likely N-dealkylation sites (tertiary alicyclic amines) is 1. The largest absolute Gasteiger partial charge is 0.347 e. The van der Waals surface area contributed by atoms with Crippen molar-refractivity contribution in [2.24, 2.45) is 0 Å². The molecule has 1 N–H and O–H groups in total. The fourth-order valence-electron chi connectivity index (χ4n) is 2.75. The summed E-state index contributed by atoms with van der Waals surface area (Å²) in [6.07, 6.45) is 7.16. The van der Waals surface area contributed by atoms with Crippen LogP contribution in [0.3, 0.4) is 0 Å². The quantitative estimate of drug-likeness (QED) is 0.855. The number of allylic oxidation sites excluding steroid dienone is 3. The Morgan fingerprint density at radius 1 is 1.35 bits per heavy atom. The predicted octanol–water partition coefficient (Wildman–Crippen LogP) is 1.82. The van der Waals surface area contributed by atoms with Crippen LogP contribution in [0.5, 0.6) is 0 Å². The summed E-state index contributed by atoms with van der Waals surface area (Å²) in [5.74, 6) is -0.190.